The van der Waals surface area contributed by atoms with E-state index in [1.165, 1.54) is 6.08 Å². The molecule has 0 aliphatic carbocycles. The quantitative estimate of drug-likeness (QED) is 0.777. The molecule has 0 saturated heterocycles. The number of nitrogens with zero attached hydrogens (tertiary/aromatic N) is 1. The van der Waals surface area contributed by atoms with Crippen LogP contribution < -0.4 is 5.32 Å². The van der Waals surface area contributed by atoms with Gasteiger partial charge in [0.25, 0.3) is 0 Å². The van der Waals surface area contributed by atoms with Gasteiger partial charge in [0.2, 0.25) is 0 Å². The first-order valence-corrected chi connectivity index (χ1v) is 4.93. The van der Waals surface area contributed by atoms with Crippen LogP contribution in [0, 0.1) is 0 Å². The minimum atomic E-state index is -1.06. The lowest BCUT2D eigenvalue weighted by Crippen LogP contribution is -2.14. The smallest absolute Gasteiger partial charge is 0.412 e. The summed E-state index contributed by atoms with van der Waals surface area (Å²) in [7, 11) is 0. The van der Waals surface area contributed by atoms with Gasteiger partial charge in [-0.15, -0.1) is 0 Å². The Kier molecular flexibility index (Phi) is 4.68. The van der Waals surface area contributed by atoms with Crippen molar-refractivity contribution >= 4 is 24.0 Å². The Balaban J connectivity index is 2.72. The van der Waals surface area contributed by atoms with Gasteiger partial charge in [-0.1, -0.05) is 6.07 Å². The number of carbonyl (C=O) groups excluding carboxylic acids is 1. The highest BCUT2D eigenvalue weighted by atomic mass is 16.5. The van der Waals surface area contributed by atoms with E-state index in [0.717, 1.165) is 6.08 Å². The molecule has 0 spiro atoms. The highest BCUT2D eigenvalue weighted by Gasteiger charge is 2.02. The monoisotopic (exact) mass is 236 g/mol. The number of hydrogen-bond acceptors (Lipinski definition) is 4. The van der Waals surface area contributed by atoms with Gasteiger partial charge in [-0.2, -0.15) is 0 Å². The van der Waals surface area contributed by atoms with Crippen LogP contribution in [0.1, 0.15) is 12.6 Å². The number of ether oxygens (including phenoxy) is 1. The molecule has 0 aliphatic rings. The molecule has 0 aromatic carbocycles. The number of rotatable bonds is 4. The number of nitrogens with one attached hydrogen (secondary N) is 1. The van der Waals surface area contributed by atoms with Crippen molar-refractivity contribution in [3.63, 3.8) is 0 Å². The van der Waals surface area contributed by atoms with Gasteiger partial charge in [-0.05, 0) is 25.1 Å². The van der Waals surface area contributed by atoms with Gasteiger partial charge in [0, 0.05) is 6.08 Å². The van der Waals surface area contributed by atoms with Crippen molar-refractivity contribution < 1.29 is 19.4 Å². The van der Waals surface area contributed by atoms with Crippen LogP contribution in [0.15, 0.2) is 24.3 Å². The molecule has 1 aromatic heterocycles. The summed E-state index contributed by atoms with van der Waals surface area (Å²) in [5, 5.41) is 10.9. The van der Waals surface area contributed by atoms with Crippen molar-refractivity contribution in [3.05, 3.63) is 30.0 Å². The predicted octanol–water partition coefficient (Wildman–Crippen LogP) is 1.75. The first-order chi connectivity index (χ1) is 8.11. The van der Waals surface area contributed by atoms with E-state index in [0.29, 0.717) is 11.5 Å². The molecule has 0 saturated carbocycles. The molecule has 0 unspecified atom stereocenters. The SMILES string of the molecule is CCOC(=O)Nc1cccc(/C=C/C(=O)O)n1. The number of pyridine rings is 1. The molecule has 1 aromatic rings. The van der Waals surface area contributed by atoms with Gasteiger partial charge >= 0.3 is 12.1 Å². The van der Waals surface area contributed by atoms with Crippen LogP contribution in [-0.4, -0.2) is 28.8 Å². The maximum absolute atomic E-state index is 11.1. The molecule has 90 valence electrons. The standard InChI is InChI=1S/C11H12N2O4/c1-2-17-11(16)13-9-5-3-4-8(12-9)6-7-10(14)15/h3-7H,2H2,1H3,(H,14,15)(H,12,13,16)/b7-6+. The zero-order valence-corrected chi connectivity index (χ0v) is 9.21. The number of carbonyl (C=O) groups is 2. The lowest BCUT2D eigenvalue weighted by molar-refractivity contribution is -0.131. The summed E-state index contributed by atoms with van der Waals surface area (Å²) in [5.41, 5.74) is 0.432. The van der Waals surface area contributed by atoms with Gasteiger partial charge in [-0.25, -0.2) is 14.6 Å². The maximum atomic E-state index is 11.1. The molecular weight excluding hydrogens is 224 g/mol. The molecule has 0 radical (unpaired) electrons. The van der Waals surface area contributed by atoms with Crippen molar-refractivity contribution in [1.29, 1.82) is 0 Å². The number of amides is 1. The van der Waals surface area contributed by atoms with Crippen LogP contribution in [0.2, 0.25) is 0 Å². The molecule has 0 fully saturated rings. The summed E-state index contributed by atoms with van der Waals surface area (Å²) in [4.78, 5) is 25.4. The second kappa shape index (κ2) is 6.26. The van der Waals surface area contributed by atoms with E-state index in [-0.39, 0.29) is 6.61 Å². The Labute approximate surface area is 97.9 Å². The molecule has 17 heavy (non-hydrogen) atoms. The molecule has 0 atom stereocenters. The van der Waals surface area contributed by atoms with Crippen LogP contribution in [0.4, 0.5) is 10.6 Å². The van der Waals surface area contributed by atoms with Crippen molar-refractivity contribution in [1.82, 2.24) is 4.98 Å². The number of aromatic nitrogens is 1. The summed E-state index contributed by atoms with van der Waals surface area (Å²) < 4.78 is 4.68. The van der Waals surface area contributed by atoms with Crippen LogP contribution >= 0.6 is 0 Å². The predicted molar refractivity (Wildman–Crippen MR) is 61.6 cm³/mol. The minimum absolute atomic E-state index is 0.268. The summed E-state index contributed by atoms with van der Waals surface area (Å²) in [6, 6.07) is 4.85. The Morgan fingerprint density at radius 2 is 2.29 bits per heavy atom. The largest absolute Gasteiger partial charge is 0.478 e. The summed E-state index contributed by atoms with van der Waals surface area (Å²) in [6.45, 7) is 1.96. The average molecular weight is 236 g/mol. The third kappa shape index (κ3) is 4.78. The van der Waals surface area contributed by atoms with Crippen LogP contribution in [0.25, 0.3) is 6.08 Å². The zero-order valence-electron chi connectivity index (χ0n) is 9.21. The van der Waals surface area contributed by atoms with E-state index in [2.05, 4.69) is 15.0 Å². The van der Waals surface area contributed by atoms with Gasteiger partial charge < -0.3 is 9.84 Å². The number of hydrogen-bond donors (Lipinski definition) is 2. The number of aliphatic carboxylic acids is 1. The number of anilines is 1. The highest BCUT2D eigenvalue weighted by Crippen LogP contribution is 2.06. The summed E-state index contributed by atoms with van der Waals surface area (Å²) in [6.07, 6.45) is 1.70. The normalized spacial score (nSPS) is 10.2. The maximum Gasteiger partial charge on any atom is 0.412 e. The molecular formula is C11H12N2O4. The van der Waals surface area contributed by atoms with E-state index < -0.39 is 12.1 Å². The van der Waals surface area contributed by atoms with Gasteiger partial charge in [0.15, 0.2) is 0 Å². The summed E-state index contributed by atoms with van der Waals surface area (Å²) in [5.74, 6) is -0.758. The third-order valence-electron chi connectivity index (χ3n) is 1.67. The van der Waals surface area contributed by atoms with E-state index in [4.69, 9.17) is 5.11 Å². The molecule has 2 N–H and O–H groups in total. The van der Waals surface area contributed by atoms with Crippen LogP contribution in [0.5, 0.6) is 0 Å². The molecule has 1 amide bonds. The lowest BCUT2D eigenvalue weighted by atomic mass is 10.3. The third-order valence-corrected chi connectivity index (χ3v) is 1.67. The van der Waals surface area contributed by atoms with Gasteiger partial charge in [-0.3, -0.25) is 5.32 Å². The van der Waals surface area contributed by atoms with Gasteiger partial charge in [0.1, 0.15) is 5.82 Å². The minimum Gasteiger partial charge on any atom is -0.478 e. The lowest BCUT2D eigenvalue weighted by Gasteiger charge is -2.04. The molecule has 1 heterocycles. The topological polar surface area (TPSA) is 88.5 Å². The Bertz CT molecular complexity index is 443. The van der Waals surface area contributed by atoms with E-state index in [9.17, 15) is 9.59 Å². The van der Waals surface area contributed by atoms with Crippen molar-refractivity contribution in [3.8, 4) is 0 Å². The van der Waals surface area contributed by atoms with Crippen molar-refractivity contribution in [2.45, 2.75) is 6.92 Å². The Hall–Kier alpha value is -2.37. The first-order valence-electron chi connectivity index (χ1n) is 4.93. The van der Waals surface area contributed by atoms with Crippen LogP contribution in [-0.2, 0) is 9.53 Å². The van der Waals surface area contributed by atoms with E-state index in [1.54, 1.807) is 25.1 Å². The fraction of sp³-hybridized carbons (Fsp3) is 0.182. The second-order valence-electron chi connectivity index (χ2n) is 2.96. The average Bonchev–Trinajstić information content (AvgIpc) is 2.27. The van der Waals surface area contributed by atoms with Gasteiger partial charge in [0.05, 0.1) is 12.3 Å². The van der Waals surface area contributed by atoms with Crippen molar-refractivity contribution in [2.75, 3.05) is 11.9 Å². The molecule has 6 heteroatoms. The highest BCUT2D eigenvalue weighted by molar-refractivity contribution is 5.85. The Morgan fingerprint density at radius 1 is 1.53 bits per heavy atom. The Morgan fingerprint density at radius 3 is 2.94 bits per heavy atom. The second-order valence-corrected chi connectivity index (χ2v) is 2.96. The van der Waals surface area contributed by atoms with E-state index in [1.807, 2.05) is 0 Å². The van der Waals surface area contributed by atoms with Crippen LogP contribution in [0.3, 0.4) is 0 Å². The number of carboxylic acids is 1. The molecule has 6 nitrogen and oxygen atoms in total. The number of carboxylic acid groups (broad SMARTS) is 1. The fourth-order valence-electron chi connectivity index (χ4n) is 1.04. The molecule has 1 rings (SSSR count). The fourth-order valence-corrected chi connectivity index (χ4v) is 1.04. The first kappa shape index (κ1) is 12.7. The van der Waals surface area contributed by atoms with Crippen molar-refractivity contribution in [2.24, 2.45) is 0 Å². The zero-order chi connectivity index (χ0) is 12.7. The molecule has 0 aliphatic heterocycles. The van der Waals surface area contributed by atoms with E-state index >= 15 is 0 Å². The molecule has 0 bridgehead atoms. The summed E-state index contributed by atoms with van der Waals surface area (Å²) >= 11 is 0.